The fraction of sp³-hybridized carbons (Fsp3) is 0.188. The van der Waals surface area contributed by atoms with E-state index >= 15 is 0 Å². The summed E-state index contributed by atoms with van der Waals surface area (Å²) in [5, 5.41) is 5.14. The minimum Gasteiger partial charge on any atom is -0.309 e. The van der Waals surface area contributed by atoms with Gasteiger partial charge in [0.2, 0.25) is 0 Å². The fourth-order valence-electron chi connectivity index (χ4n) is 2.09. The van der Waals surface area contributed by atoms with Gasteiger partial charge in [0.15, 0.2) is 0 Å². The Kier molecular flexibility index (Phi) is 4.58. The Morgan fingerprint density at radius 3 is 2.74 bits per heavy atom. The summed E-state index contributed by atoms with van der Waals surface area (Å²) in [5.74, 6) is 0.259. The maximum atomic E-state index is 5.87. The average Bonchev–Trinajstić information content (AvgIpc) is 2.89. The molecule has 0 spiro atoms. The van der Waals surface area contributed by atoms with Gasteiger partial charge in [-0.05, 0) is 24.1 Å². The lowest BCUT2D eigenvalue weighted by atomic mass is 9.90. The molecule has 3 heteroatoms. The second kappa shape index (κ2) is 6.39. The molecule has 0 radical (unpaired) electrons. The third-order valence-corrected chi connectivity index (χ3v) is 3.16. The van der Waals surface area contributed by atoms with E-state index in [4.69, 9.17) is 11.6 Å². The minimum absolute atomic E-state index is 0.259. The maximum absolute atomic E-state index is 5.87. The van der Waals surface area contributed by atoms with E-state index in [9.17, 15) is 0 Å². The van der Waals surface area contributed by atoms with Gasteiger partial charge in [-0.25, -0.2) is 0 Å². The lowest BCUT2D eigenvalue weighted by Gasteiger charge is -2.12. The molecule has 0 aliphatic carbocycles. The SMILES string of the molecule is C=C/C(=C\C=C(/C)Cl)C1=NNCC1c1ccccc1. The summed E-state index contributed by atoms with van der Waals surface area (Å²) in [6, 6.07) is 10.4. The van der Waals surface area contributed by atoms with Gasteiger partial charge >= 0.3 is 0 Å². The van der Waals surface area contributed by atoms with Crippen molar-refractivity contribution in [2.24, 2.45) is 5.10 Å². The van der Waals surface area contributed by atoms with Gasteiger partial charge in [0.1, 0.15) is 0 Å². The molecule has 1 N–H and O–H groups in total. The Bertz CT molecular complexity index is 537. The highest BCUT2D eigenvalue weighted by Crippen LogP contribution is 2.24. The first kappa shape index (κ1) is 13.6. The van der Waals surface area contributed by atoms with Gasteiger partial charge in [0, 0.05) is 17.5 Å². The van der Waals surface area contributed by atoms with Crippen LogP contribution in [0.15, 0.2) is 70.8 Å². The van der Waals surface area contributed by atoms with E-state index in [1.807, 2.05) is 43.4 Å². The van der Waals surface area contributed by atoms with E-state index in [0.29, 0.717) is 0 Å². The van der Waals surface area contributed by atoms with Crippen LogP contribution in [0.1, 0.15) is 18.4 Å². The van der Waals surface area contributed by atoms with Gasteiger partial charge in [-0.2, -0.15) is 5.10 Å². The average molecular weight is 273 g/mol. The molecule has 2 nitrogen and oxygen atoms in total. The summed E-state index contributed by atoms with van der Waals surface area (Å²) in [7, 11) is 0. The van der Waals surface area contributed by atoms with Crippen molar-refractivity contribution < 1.29 is 0 Å². The van der Waals surface area contributed by atoms with E-state index in [0.717, 1.165) is 22.9 Å². The Morgan fingerprint density at radius 2 is 2.11 bits per heavy atom. The van der Waals surface area contributed by atoms with Gasteiger partial charge in [-0.1, -0.05) is 60.7 Å². The molecule has 19 heavy (non-hydrogen) atoms. The summed E-state index contributed by atoms with van der Waals surface area (Å²) in [5.41, 5.74) is 6.33. The van der Waals surface area contributed by atoms with Gasteiger partial charge in [0.05, 0.1) is 5.71 Å². The second-order valence-corrected chi connectivity index (χ2v) is 5.00. The fourth-order valence-corrected chi connectivity index (χ4v) is 2.15. The van der Waals surface area contributed by atoms with Crippen molar-refractivity contribution in [3.05, 3.63) is 71.3 Å². The molecule has 1 aromatic carbocycles. The first-order valence-electron chi connectivity index (χ1n) is 6.24. The molecule has 1 aromatic rings. The number of allylic oxidation sites excluding steroid dienone is 5. The molecule has 98 valence electrons. The highest BCUT2D eigenvalue weighted by atomic mass is 35.5. The highest BCUT2D eigenvalue weighted by Gasteiger charge is 2.24. The molecule has 0 saturated heterocycles. The predicted molar refractivity (Wildman–Crippen MR) is 82.5 cm³/mol. The van der Waals surface area contributed by atoms with Crippen LogP contribution in [0, 0.1) is 0 Å². The quantitative estimate of drug-likeness (QED) is 0.824. The molecule has 0 bridgehead atoms. The smallest absolute Gasteiger partial charge is 0.0767 e. The summed E-state index contributed by atoms with van der Waals surface area (Å²) in [6.45, 7) is 6.53. The maximum Gasteiger partial charge on any atom is 0.0767 e. The van der Waals surface area contributed by atoms with Crippen LogP contribution in [0.3, 0.4) is 0 Å². The van der Waals surface area contributed by atoms with Crippen molar-refractivity contribution >= 4 is 17.3 Å². The normalized spacial score (nSPS) is 19.9. The summed E-state index contributed by atoms with van der Waals surface area (Å²) in [6.07, 6.45) is 5.64. The van der Waals surface area contributed by atoms with E-state index in [1.54, 1.807) is 0 Å². The summed E-state index contributed by atoms with van der Waals surface area (Å²) >= 11 is 5.87. The molecule has 0 saturated carbocycles. The van der Waals surface area contributed by atoms with E-state index in [-0.39, 0.29) is 5.92 Å². The molecule has 0 fully saturated rings. The standard InChI is InChI=1S/C16H17ClN2/c1-3-13(10-9-12(2)17)16-15(11-18-19-16)14-7-5-4-6-8-14/h3-10,15,18H,1,11H2,2H3/b12-9+,13-10+. The van der Waals surface area contributed by atoms with Crippen LogP contribution in [0.5, 0.6) is 0 Å². The van der Waals surface area contributed by atoms with Crippen molar-refractivity contribution in [2.75, 3.05) is 6.54 Å². The van der Waals surface area contributed by atoms with E-state index < -0.39 is 0 Å². The molecule has 1 aliphatic heterocycles. The summed E-state index contributed by atoms with van der Waals surface area (Å²) < 4.78 is 0. The zero-order valence-electron chi connectivity index (χ0n) is 10.9. The van der Waals surface area contributed by atoms with Gasteiger partial charge in [0.25, 0.3) is 0 Å². The molecular formula is C16H17ClN2. The van der Waals surface area contributed by atoms with Crippen LogP contribution < -0.4 is 5.43 Å². The largest absolute Gasteiger partial charge is 0.309 e. The van der Waals surface area contributed by atoms with Crippen LogP contribution in [-0.2, 0) is 0 Å². The van der Waals surface area contributed by atoms with Crippen LogP contribution in [0.4, 0.5) is 0 Å². The first-order chi connectivity index (χ1) is 9.22. The topological polar surface area (TPSA) is 24.4 Å². The van der Waals surface area contributed by atoms with Crippen molar-refractivity contribution in [1.82, 2.24) is 5.43 Å². The Hall–Kier alpha value is -1.80. The van der Waals surface area contributed by atoms with Gasteiger partial charge in [-0.15, -0.1) is 0 Å². The molecule has 1 aliphatic rings. The van der Waals surface area contributed by atoms with E-state index in [2.05, 4.69) is 29.2 Å². The third-order valence-electron chi connectivity index (χ3n) is 3.04. The molecule has 0 amide bonds. The third kappa shape index (κ3) is 3.36. The Balaban J connectivity index is 2.30. The predicted octanol–water partition coefficient (Wildman–Crippen LogP) is 3.98. The van der Waals surface area contributed by atoms with Crippen LogP contribution in [0.25, 0.3) is 0 Å². The Morgan fingerprint density at radius 1 is 1.37 bits per heavy atom. The van der Waals surface area contributed by atoms with Crippen LogP contribution >= 0.6 is 11.6 Å². The summed E-state index contributed by atoms with van der Waals surface area (Å²) in [4.78, 5) is 0. The number of hydrogen-bond donors (Lipinski definition) is 1. The second-order valence-electron chi connectivity index (χ2n) is 4.40. The van der Waals surface area contributed by atoms with E-state index in [1.165, 1.54) is 5.56 Å². The number of nitrogens with one attached hydrogen (secondary N) is 1. The number of hydrogen-bond acceptors (Lipinski definition) is 2. The molecule has 1 heterocycles. The van der Waals surface area contributed by atoms with Crippen LogP contribution in [0.2, 0.25) is 0 Å². The number of halogens is 1. The number of benzene rings is 1. The molecule has 1 atom stereocenters. The number of rotatable bonds is 4. The minimum atomic E-state index is 0.259. The molecule has 2 rings (SSSR count). The van der Waals surface area contributed by atoms with Crippen molar-refractivity contribution in [3.8, 4) is 0 Å². The van der Waals surface area contributed by atoms with Crippen LogP contribution in [-0.4, -0.2) is 12.3 Å². The molecule has 0 aromatic heterocycles. The number of nitrogens with zero attached hydrogens (tertiary/aromatic N) is 1. The number of hydrazone groups is 1. The lowest BCUT2D eigenvalue weighted by Crippen LogP contribution is -2.14. The lowest BCUT2D eigenvalue weighted by molar-refractivity contribution is 0.763. The first-order valence-corrected chi connectivity index (χ1v) is 6.62. The van der Waals surface area contributed by atoms with Crippen molar-refractivity contribution in [1.29, 1.82) is 0 Å². The van der Waals surface area contributed by atoms with Crippen molar-refractivity contribution in [2.45, 2.75) is 12.8 Å². The zero-order chi connectivity index (χ0) is 13.7. The van der Waals surface area contributed by atoms with Gasteiger partial charge < -0.3 is 5.43 Å². The van der Waals surface area contributed by atoms with Gasteiger partial charge in [-0.3, -0.25) is 0 Å². The Labute approximate surface area is 119 Å². The van der Waals surface area contributed by atoms with Crippen molar-refractivity contribution in [3.63, 3.8) is 0 Å². The highest BCUT2D eigenvalue weighted by molar-refractivity contribution is 6.29. The zero-order valence-corrected chi connectivity index (χ0v) is 11.7. The molecular weight excluding hydrogens is 256 g/mol. The molecule has 1 unspecified atom stereocenters. The monoisotopic (exact) mass is 272 g/mol.